The van der Waals surface area contributed by atoms with Crippen LogP contribution in [0.5, 0.6) is 11.5 Å². The maximum atomic E-state index is 12.1. The van der Waals surface area contributed by atoms with Crippen LogP contribution in [0.4, 0.5) is 0 Å². The quantitative estimate of drug-likeness (QED) is 0.316. The molecule has 0 spiro atoms. The van der Waals surface area contributed by atoms with Crippen molar-refractivity contribution in [3.8, 4) is 11.5 Å². The van der Waals surface area contributed by atoms with Crippen LogP contribution in [0.15, 0.2) is 24.4 Å². The van der Waals surface area contributed by atoms with Crippen LogP contribution in [0.1, 0.15) is 67.4 Å². The number of ether oxygens (including phenoxy) is 2. The van der Waals surface area contributed by atoms with Gasteiger partial charge in [0.05, 0.1) is 31.5 Å². The van der Waals surface area contributed by atoms with Gasteiger partial charge in [-0.3, -0.25) is 14.3 Å². The molecule has 1 aromatic heterocycles. The molecule has 8 nitrogen and oxygen atoms in total. The number of ketones is 1. The van der Waals surface area contributed by atoms with Crippen LogP contribution in [0.25, 0.3) is 0 Å². The summed E-state index contributed by atoms with van der Waals surface area (Å²) in [7, 11) is 3.97. The van der Waals surface area contributed by atoms with Gasteiger partial charge in [0.25, 0.3) is 0 Å². The fourth-order valence-electron chi connectivity index (χ4n) is 3.92. The third-order valence-electron chi connectivity index (χ3n) is 5.85. The SMILES string of the molecule is O=C(CCCCC1CCSS1)NCc1cn(CCCCOc2ccc3c(c2)OCCC3=O)nn1. The van der Waals surface area contributed by atoms with Crippen molar-refractivity contribution in [3.05, 3.63) is 35.7 Å². The van der Waals surface area contributed by atoms with Gasteiger partial charge in [-0.25, -0.2) is 0 Å². The average Bonchev–Trinajstić information content (AvgIpc) is 3.53. The lowest BCUT2D eigenvalue weighted by Gasteiger charge is -2.17. The molecule has 1 aromatic carbocycles. The van der Waals surface area contributed by atoms with E-state index in [9.17, 15) is 9.59 Å². The molecule has 34 heavy (non-hydrogen) atoms. The molecule has 1 unspecified atom stereocenters. The molecule has 1 fully saturated rings. The highest BCUT2D eigenvalue weighted by Crippen LogP contribution is 2.39. The van der Waals surface area contributed by atoms with Crippen LogP contribution in [0.2, 0.25) is 0 Å². The molecule has 0 saturated carbocycles. The Hall–Kier alpha value is -2.20. The Morgan fingerprint density at radius 3 is 3.09 bits per heavy atom. The molecule has 0 bridgehead atoms. The number of Topliss-reactive ketones (excluding diaryl/α,β-unsaturated/α-hetero) is 1. The van der Waals surface area contributed by atoms with Gasteiger partial charge in [0.2, 0.25) is 5.91 Å². The number of aryl methyl sites for hydroxylation is 1. The second-order valence-corrected chi connectivity index (χ2v) is 11.3. The van der Waals surface area contributed by atoms with E-state index in [-0.39, 0.29) is 11.7 Å². The van der Waals surface area contributed by atoms with Crippen LogP contribution < -0.4 is 14.8 Å². The smallest absolute Gasteiger partial charge is 0.220 e. The molecule has 1 amide bonds. The lowest BCUT2D eigenvalue weighted by molar-refractivity contribution is -0.121. The molecule has 1 saturated heterocycles. The monoisotopic (exact) mass is 504 g/mol. The molecule has 1 atom stereocenters. The summed E-state index contributed by atoms with van der Waals surface area (Å²) in [4.78, 5) is 23.9. The zero-order chi connectivity index (χ0) is 23.6. The number of carbonyl (C=O) groups is 2. The standard InChI is InChI=1S/C24H32N4O4S2/c29-22-9-13-32-23-15-19(7-8-21(22)23)31-12-4-3-11-28-17-18(26-27-28)16-25-24(30)6-2-1-5-20-10-14-33-34-20/h7-8,15,17,20H,1-6,9-14,16H2,(H,25,30). The van der Waals surface area contributed by atoms with Crippen LogP contribution in [-0.2, 0) is 17.9 Å². The van der Waals surface area contributed by atoms with Gasteiger partial charge in [-0.2, -0.15) is 0 Å². The maximum Gasteiger partial charge on any atom is 0.220 e. The summed E-state index contributed by atoms with van der Waals surface area (Å²) in [6.45, 7) is 2.16. The van der Waals surface area contributed by atoms with Crippen molar-refractivity contribution in [1.29, 1.82) is 0 Å². The van der Waals surface area contributed by atoms with E-state index in [0.717, 1.165) is 43.2 Å². The van der Waals surface area contributed by atoms with E-state index in [1.54, 1.807) is 16.8 Å². The Bertz CT molecular complexity index is 962. The molecule has 0 aliphatic carbocycles. The lowest BCUT2D eigenvalue weighted by Crippen LogP contribution is -2.22. The number of aromatic nitrogens is 3. The van der Waals surface area contributed by atoms with Gasteiger partial charge in [-0.1, -0.05) is 33.2 Å². The summed E-state index contributed by atoms with van der Waals surface area (Å²) in [6, 6.07) is 5.38. The Balaban J connectivity index is 1.06. The summed E-state index contributed by atoms with van der Waals surface area (Å²) in [6.07, 6.45) is 9.23. The van der Waals surface area contributed by atoms with Gasteiger partial charge in [0, 0.05) is 36.5 Å². The molecule has 3 heterocycles. The largest absolute Gasteiger partial charge is 0.493 e. The molecule has 2 aliphatic heterocycles. The van der Waals surface area contributed by atoms with Crippen molar-refractivity contribution in [3.63, 3.8) is 0 Å². The van der Waals surface area contributed by atoms with E-state index in [2.05, 4.69) is 15.6 Å². The average molecular weight is 505 g/mol. The second-order valence-electron chi connectivity index (χ2n) is 8.56. The Morgan fingerprint density at radius 1 is 1.26 bits per heavy atom. The van der Waals surface area contributed by atoms with Gasteiger partial charge < -0.3 is 14.8 Å². The number of fused-ring (bicyclic) bond motifs is 1. The van der Waals surface area contributed by atoms with Gasteiger partial charge in [-0.05, 0) is 44.2 Å². The van der Waals surface area contributed by atoms with E-state index in [1.165, 1.54) is 18.6 Å². The topological polar surface area (TPSA) is 95.3 Å². The number of carbonyl (C=O) groups excluding carboxylic acids is 2. The van der Waals surface area contributed by atoms with Crippen LogP contribution >= 0.6 is 21.6 Å². The number of rotatable bonds is 13. The Kier molecular flexibility index (Phi) is 9.55. The first kappa shape index (κ1) is 24.9. The summed E-state index contributed by atoms with van der Waals surface area (Å²) < 4.78 is 13.2. The lowest BCUT2D eigenvalue weighted by atomic mass is 10.1. The number of hydrogen-bond acceptors (Lipinski definition) is 8. The van der Waals surface area contributed by atoms with Gasteiger partial charge in [0.1, 0.15) is 17.2 Å². The molecule has 4 rings (SSSR count). The van der Waals surface area contributed by atoms with Crippen molar-refractivity contribution >= 4 is 33.3 Å². The zero-order valence-electron chi connectivity index (χ0n) is 19.4. The first-order valence-corrected chi connectivity index (χ1v) is 14.4. The predicted octanol–water partition coefficient (Wildman–Crippen LogP) is 4.43. The second kappa shape index (κ2) is 13.0. The third kappa shape index (κ3) is 7.66. The summed E-state index contributed by atoms with van der Waals surface area (Å²) in [5, 5.41) is 12.0. The Labute approximate surface area is 208 Å². The normalized spacial score (nSPS) is 17.3. The maximum absolute atomic E-state index is 12.1. The molecule has 184 valence electrons. The summed E-state index contributed by atoms with van der Waals surface area (Å²) in [5.74, 6) is 2.78. The van der Waals surface area contributed by atoms with E-state index in [1.807, 2.05) is 33.9 Å². The van der Waals surface area contributed by atoms with Crippen molar-refractivity contribution in [2.45, 2.75) is 69.7 Å². The molecule has 0 radical (unpaired) electrons. The minimum Gasteiger partial charge on any atom is -0.493 e. The van der Waals surface area contributed by atoms with Crippen molar-refractivity contribution in [2.24, 2.45) is 0 Å². The molecule has 10 heteroatoms. The van der Waals surface area contributed by atoms with Crippen molar-refractivity contribution < 1.29 is 19.1 Å². The van der Waals surface area contributed by atoms with Gasteiger partial charge in [-0.15, -0.1) is 5.10 Å². The Morgan fingerprint density at radius 2 is 2.21 bits per heavy atom. The van der Waals surface area contributed by atoms with Gasteiger partial charge in [0.15, 0.2) is 5.78 Å². The van der Waals surface area contributed by atoms with Crippen LogP contribution in [0, 0.1) is 0 Å². The van der Waals surface area contributed by atoms with Crippen molar-refractivity contribution in [1.82, 2.24) is 20.3 Å². The van der Waals surface area contributed by atoms with Crippen molar-refractivity contribution in [2.75, 3.05) is 19.0 Å². The fraction of sp³-hybridized carbons (Fsp3) is 0.583. The minimum absolute atomic E-state index is 0.0806. The highest BCUT2D eigenvalue weighted by Gasteiger charge is 2.19. The zero-order valence-corrected chi connectivity index (χ0v) is 21.0. The number of unbranched alkanes of at least 4 members (excludes halogenated alkanes) is 2. The molecule has 2 aromatic rings. The number of nitrogens with one attached hydrogen (secondary N) is 1. The summed E-state index contributed by atoms with van der Waals surface area (Å²) in [5.41, 5.74) is 1.40. The van der Waals surface area contributed by atoms with Crippen LogP contribution in [0.3, 0.4) is 0 Å². The van der Waals surface area contributed by atoms with Gasteiger partial charge >= 0.3 is 0 Å². The molecular weight excluding hydrogens is 472 g/mol. The fourth-order valence-corrected chi connectivity index (χ4v) is 6.95. The minimum atomic E-state index is 0.0806. The number of amides is 1. The first-order valence-electron chi connectivity index (χ1n) is 12.0. The predicted molar refractivity (Wildman–Crippen MR) is 134 cm³/mol. The highest BCUT2D eigenvalue weighted by molar-refractivity contribution is 8.77. The van der Waals surface area contributed by atoms with E-state index in [4.69, 9.17) is 9.47 Å². The number of benzene rings is 1. The number of hydrogen-bond donors (Lipinski definition) is 1. The highest BCUT2D eigenvalue weighted by atomic mass is 33.1. The van der Waals surface area contributed by atoms with E-state index < -0.39 is 0 Å². The van der Waals surface area contributed by atoms with Crippen LogP contribution in [-0.4, -0.2) is 50.9 Å². The molecule has 1 N–H and O–H groups in total. The summed E-state index contributed by atoms with van der Waals surface area (Å²) >= 11 is 0. The third-order valence-corrected chi connectivity index (χ3v) is 8.86. The molecule has 2 aliphatic rings. The number of nitrogens with zero attached hydrogens (tertiary/aromatic N) is 3. The van der Waals surface area contributed by atoms with E-state index >= 15 is 0 Å². The molecular formula is C24H32N4O4S2. The van der Waals surface area contributed by atoms with E-state index in [0.29, 0.717) is 49.7 Å². The first-order chi connectivity index (χ1) is 16.7.